The molecule has 10 nitrogen and oxygen atoms in total. The number of nitrogens with zero attached hydrogens (tertiary/aromatic N) is 2. The number of carbonyl (C=O) groups is 3. The molecule has 3 atom stereocenters. The molecule has 2 aliphatic rings. The van der Waals surface area contributed by atoms with Crippen molar-refractivity contribution in [2.45, 2.75) is 57.3 Å². The number of benzene rings is 1. The number of carbonyl (C=O) groups excluding carboxylic acids is 3. The lowest BCUT2D eigenvalue weighted by Gasteiger charge is -2.42. The second-order valence-electron chi connectivity index (χ2n) is 9.47. The maximum atomic E-state index is 13.3. The van der Waals surface area contributed by atoms with Crippen molar-refractivity contribution < 1.29 is 23.9 Å². The first kappa shape index (κ1) is 26.7. The third-order valence-corrected chi connectivity index (χ3v) is 6.32. The number of urea groups is 1. The molecule has 4 amide bonds. The highest BCUT2D eigenvalue weighted by Crippen LogP contribution is 2.32. The highest BCUT2D eigenvalue weighted by Gasteiger charge is 2.39. The van der Waals surface area contributed by atoms with Crippen LogP contribution in [0.15, 0.2) is 18.2 Å². The van der Waals surface area contributed by atoms with Gasteiger partial charge in [0, 0.05) is 25.8 Å². The molecule has 0 saturated carbocycles. The Hall–Kier alpha value is -2.85. The molecule has 0 unspecified atom stereocenters. The van der Waals surface area contributed by atoms with Crippen LogP contribution in [0, 0.1) is 0 Å². The molecule has 35 heavy (non-hydrogen) atoms. The molecule has 1 aromatic carbocycles. The maximum Gasteiger partial charge on any atom is 0.319 e. The second-order valence-corrected chi connectivity index (χ2v) is 9.47. The van der Waals surface area contributed by atoms with Crippen LogP contribution < -0.4 is 20.7 Å². The molecule has 1 aromatic rings. The lowest BCUT2D eigenvalue weighted by atomic mass is 9.94. The van der Waals surface area contributed by atoms with E-state index in [0.29, 0.717) is 42.9 Å². The van der Waals surface area contributed by atoms with Crippen molar-refractivity contribution in [3.05, 3.63) is 23.8 Å². The normalized spacial score (nSPS) is 21.8. The molecular formula is C25H39N5O5. The summed E-state index contributed by atoms with van der Waals surface area (Å²) in [5.41, 5.74) is 0.926. The largest absolute Gasteiger partial charge is 0.490 e. The van der Waals surface area contributed by atoms with Gasteiger partial charge in [0.2, 0.25) is 5.91 Å². The number of nitrogens with one attached hydrogen (secondary N) is 3. The summed E-state index contributed by atoms with van der Waals surface area (Å²) in [5.74, 6) is 0.244. The topological polar surface area (TPSA) is 112 Å². The summed E-state index contributed by atoms with van der Waals surface area (Å²) >= 11 is 0. The van der Waals surface area contributed by atoms with Gasteiger partial charge in [0.15, 0.2) is 0 Å². The Morgan fingerprint density at radius 3 is 2.71 bits per heavy atom. The minimum Gasteiger partial charge on any atom is -0.490 e. The van der Waals surface area contributed by atoms with Crippen molar-refractivity contribution >= 4 is 23.5 Å². The van der Waals surface area contributed by atoms with E-state index < -0.39 is 0 Å². The van der Waals surface area contributed by atoms with Crippen LogP contribution in [0.4, 0.5) is 10.5 Å². The highest BCUT2D eigenvalue weighted by molar-refractivity contribution is 5.99. The molecule has 0 spiro atoms. The van der Waals surface area contributed by atoms with Crippen LogP contribution in [0.1, 0.15) is 49.4 Å². The van der Waals surface area contributed by atoms with Crippen LogP contribution in [0.5, 0.6) is 5.75 Å². The summed E-state index contributed by atoms with van der Waals surface area (Å²) in [7, 11) is 5.78. The molecule has 1 saturated heterocycles. The molecule has 2 heterocycles. The number of hydrogen-bond acceptors (Lipinski definition) is 6. The molecule has 10 heteroatoms. The van der Waals surface area contributed by atoms with E-state index in [2.05, 4.69) is 20.9 Å². The van der Waals surface area contributed by atoms with Crippen molar-refractivity contribution in [3.63, 3.8) is 0 Å². The molecule has 194 valence electrons. The average Bonchev–Trinajstić information content (AvgIpc) is 2.83. The number of ether oxygens (including phenoxy) is 2. The van der Waals surface area contributed by atoms with Gasteiger partial charge in [-0.15, -0.1) is 0 Å². The summed E-state index contributed by atoms with van der Waals surface area (Å²) < 4.78 is 12.2. The number of likely N-dealkylation sites (N-methyl/N-ethyl adjacent to an activating group) is 1. The predicted octanol–water partition coefficient (Wildman–Crippen LogP) is 2.06. The first-order chi connectivity index (χ1) is 16.8. The van der Waals surface area contributed by atoms with Gasteiger partial charge < -0.3 is 35.2 Å². The minimum atomic E-state index is -0.324. The Kier molecular flexibility index (Phi) is 9.73. The molecule has 0 bridgehead atoms. The van der Waals surface area contributed by atoms with Crippen molar-refractivity contribution in [3.8, 4) is 5.75 Å². The van der Waals surface area contributed by atoms with Gasteiger partial charge in [-0.2, -0.15) is 0 Å². The average molecular weight is 490 g/mol. The van der Waals surface area contributed by atoms with Gasteiger partial charge in [-0.3, -0.25) is 9.59 Å². The molecule has 0 aliphatic carbocycles. The first-order valence-corrected chi connectivity index (χ1v) is 12.4. The number of hydrogen-bond donors (Lipinski definition) is 3. The smallest absolute Gasteiger partial charge is 0.319 e. The van der Waals surface area contributed by atoms with Crippen LogP contribution in [0.25, 0.3) is 0 Å². The SMILES string of the molecule is CCCNC(=O)Nc1ccc2c(c1)C(=O)N(C)[C@@H]1CC[C@H](CC(=O)NCCCN(C)C)O[C@H]1CO2. The van der Waals surface area contributed by atoms with Crippen molar-refractivity contribution in [2.24, 2.45) is 0 Å². The van der Waals surface area contributed by atoms with Crippen molar-refractivity contribution in [1.29, 1.82) is 0 Å². The lowest BCUT2D eigenvalue weighted by Crippen LogP contribution is -2.54. The number of anilines is 1. The van der Waals surface area contributed by atoms with Crippen molar-refractivity contribution in [2.75, 3.05) is 52.7 Å². The van der Waals surface area contributed by atoms with Gasteiger partial charge >= 0.3 is 6.03 Å². The van der Waals surface area contributed by atoms with Gasteiger partial charge in [0.05, 0.1) is 24.1 Å². The number of amides is 4. The number of rotatable bonds is 9. The highest BCUT2D eigenvalue weighted by atomic mass is 16.5. The molecule has 3 N–H and O–H groups in total. The van der Waals surface area contributed by atoms with Crippen LogP contribution >= 0.6 is 0 Å². The van der Waals surface area contributed by atoms with Crippen LogP contribution in [0.2, 0.25) is 0 Å². The lowest BCUT2D eigenvalue weighted by molar-refractivity contribution is -0.134. The summed E-state index contributed by atoms with van der Waals surface area (Å²) in [6.45, 7) is 4.39. The quantitative estimate of drug-likeness (QED) is 0.458. The Bertz CT molecular complexity index is 893. The van der Waals surface area contributed by atoms with Crippen LogP contribution in [-0.4, -0.2) is 93.3 Å². The van der Waals surface area contributed by atoms with E-state index in [-0.39, 0.29) is 42.7 Å². The zero-order valence-corrected chi connectivity index (χ0v) is 21.3. The zero-order chi connectivity index (χ0) is 25.4. The van der Waals surface area contributed by atoms with Gasteiger partial charge in [-0.25, -0.2) is 4.79 Å². The molecule has 2 aliphatic heterocycles. The van der Waals surface area contributed by atoms with Gasteiger partial charge in [-0.05, 0) is 64.5 Å². The molecule has 1 fully saturated rings. The molecule has 0 radical (unpaired) electrons. The molecule has 3 rings (SSSR count). The van der Waals surface area contributed by atoms with Gasteiger partial charge in [-0.1, -0.05) is 6.92 Å². The maximum absolute atomic E-state index is 13.3. The first-order valence-electron chi connectivity index (χ1n) is 12.4. The van der Waals surface area contributed by atoms with Gasteiger partial charge in [0.25, 0.3) is 5.91 Å². The van der Waals surface area contributed by atoms with E-state index in [1.54, 1.807) is 30.1 Å². The van der Waals surface area contributed by atoms with E-state index >= 15 is 0 Å². The summed E-state index contributed by atoms with van der Waals surface area (Å²) in [5, 5.41) is 8.48. The monoisotopic (exact) mass is 489 g/mol. The van der Waals surface area contributed by atoms with E-state index in [1.165, 1.54) is 0 Å². The molecular weight excluding hydrogens is 450 g/mol. The van der Waals surface area contributed by atoms with Crippen LogP contribution in [-0.2, 0) is 9.53 Å². The number of fused-ring (bicyclic) bond motifs is 2. The minimum absolute atomic E-state index is 0.0169. The van der Waals surface area contributed by atoms with E-state index in [9.17, 15) is 14.4 Å². The third kappa shape index (κ3) is 7.57. The summed E-state index contributed by atoms with van der Waals surface area (Å²) in [4.78, 5) is 41.4. The zero-order valence-electron chi connectivity index (χ0n) is 21.3. The van der Waals surface area contributed by atoms with Crippen LogP contribution in [0.3, 0.4) is 0 Å². The van der Waals surface area contributed by atoms with E-state index in [0.717, 1.165) is 25.8 Å². The Morgan fingerprint density at radius 2 is 1.97 bits per heavy atom. The van der Waals surface area contributed by atoms with E-state index in [4.69, 9.17) is 9.47 Å². The van der Waals surface area contributed by atoms with Crippen molar-refractivity contribution in [1.82, 2.24) is 20.4 Å². The fourth-order valence-electron chi connectivity index (χ4n) is 4.42. The fraction of sp³-hybridized carbons (Fsp3) is 0.640. The predicted molar refractivity (Wildman–Crippen MR) is 134 cm³/mol. The summed E-state index contributed by atoms with van der Waals surface area (Å²) in [6.07, 6.45) is 2.92. The van der Waals surface area contributed by atoms with Gasteiger partial charge in [0.1, 0.15) is 18.5 Å². The third-order valence-electron chi connectivity index (χ3n) is 6.32. The standard InChI is InChI=1S/C25H39N5O5/c1-5-11-27-25(33)28-17-7-10-21-19(14-17)24(32)30(4)20-9-8-18(35-22(20)16-34-21)15-23(31)26-12-6-13-29(2)3/h7,10,14,18,20,22H,5-6,8-9,11-13,15-16H2,1-4H3,(H,26,31)(H2,27,28,33)/t18-,20-,22+/m1/s1. The Labute approximate surface area is 207 Å². The Balaban J connectivity index is 1.60. The molecule has 0 aromatic heterocycles. The summed E-state index contributed by atoms with van der Waals surface area (Å²) in [6, 6.07) is 4.58. The Morgan fingerprint density at radius 1 is 1.17 bits per heavy atom. The second kappa shape index (κ2) is 12.7. The fourth-order valence-corrected chi connectivity index (χ4v) is 4.42. The van der Waals surface area contributed by atoms with E-state index in [1.807, 2.05) is 21.0 Å².